The summed E-state index contributed by atoms with van der Waals surface area (Å²) in [7, 11) is 0. The van der Waals surface area contributed by atoms with Crippen molar-refractivity contribution in [3.05, 3.63) is 45.7 Å². The summed E-state index contributed by atoms with van der Waals surface area (Å²) in [5.41, 5.74) is 7.59. The summed E-state index contributed by atoms with van der Waals surface area (Å²) in [6.07, 6.45) is 4.03. The molecule has 1 saturated heterocycles. The van der Waals surface area contributed by atoms with Crippen molar-refractivity contribution in [1.82, 2.24) is 20.5 Å². The fourth-order valence-corrected chi connectivity index (χ4v) is 3.42. The fraction of sp³-hybridized carbons (Fsp3) is 0.421. The number of rotatable bonds is 5. The number of nitrogens with zero attached hydrogens (tertiary/aromatic N) is 3. The monoisotopic (exact) mass is 405 g/mol. The Morgan fingerprint density at radius 3 is 3.00 bits per heavy atom. The first kappa shape index (κ1) is 19.8. The van der Waals surface area contributed by atoms with Crippen molar-refractivity contribution in [2.45, 2.75) is 39.7 Å². The normalized spacial score (nSPS) is 16.8. The highest BCUT2D eigenvalue weighted by atomic mass is 35.5. The fourth-order valence-electron chi connectivity index (χ4n) is 2.97. The average Bonchev–Trinajstić information content (AvgIpc) is 3.25. The lowest BCUT2D eigenvalue weighted by atomic mass is 10.1. The predicted molar refractivity (Wildman–Crippen MR) is 113 cm³/mol. The van der Waals surface area contributed by atoms with Crippen LogP contribution in [0, 0.1) is 20.8 Å². The van der Waals surface area contributed by atoms with Crippen LogP contribution in [0.4, 0.5) is 0 Å². The molecule has 0 saturated carbocycles. The summed E-state index contributed by atoms with van der Waals surface area (Å²) in [5.74, 6) is 0. The molecule has 8 heteroatoms. The summed E-state index contributed by atoms with van der Waals surface area (Å²) in [6.45, 7) is 7.50. The van der Waals surface area contributed by atoms with Crippen LogP contribution in [-0.4, -0.2) is 40.4 Å². The SMILES string of the molecule is Cc1ccc(C)c(-n2nc(C)c(/C=N\NC(=S)NC[C@H]3CCCO3)c2Cl)c1. The third kappa shape index (κ3) is 4.86. The summed E-state index contributed by atoms with van der Waals surface area (Å²) in [5, 5.41) is 12.9. The lowest BCUT2D eigenvalue weighted by Gasteiger charge is -2.11. The highest BCUT2D eigenvalue weighted by molar-refractivity contribution is 7.80. The maximum Gasteiger partial charge on any atom is 0.187 e. The second-order valence-corrected chi connectivity index (χ2v) is 7.47. The van der Waals surface area contributed by atoms with Crippen LogP contribution >= 0.6 is 23.8 Å². The van der Waals surface area contributed by atoms with E-state index in [2.05, 4.69) is 39.1 Å². The van der Waals surface area contributed by atoms with Crippen LogP contribution in [-0.2, 0) is 4.74 Å². The van der Waals surface area contributed by atoms with E-state index in [4.69, 9.17) is 28.6 Å². The van der Waals surface area contributed by atoms with Crippen molar-refractivity contribution < 1.29 is 4.74 Å². The van der Waals surface area contributed by atoms with Crippen LogP contribution in [0.5, 0.6) is 0 Å². The molecule has 0 radical (unpaired) electrons. The minimum atomic E-state index is 0.223. The number of aryl methyl sites for hydroxylation is 3. The van der Waals surface area contributed by atoms with Crippen LogP contribution in [0.2, 0.25) is 5.15 Å². The number of hydrazone groups is 1. The average molecular weight is 406 g/mol. The highest BCUT2D eigenvalue weighted by Crippen LogP contribution is 2.24. The first-order valence-electron chi connectivity index (χ1n) is 8.97. The Morgan fingerprint density at radius 2 is 2.26 bits per heavy atom. The quantitative estimate of drug-likeness (QED) is 0.453. The number of hydrogen-bond donors (Lipinski definition) is 2. The zero-order valence-corrected chi connectivity index (χ0v) is 17.3. The third-order valence-corrected chi connectivity index (χ3v) is 5.11. The lowest BCUT2D eigenvalue weighted by Crippen LogP contribution is -2.37. The number of nitrogens with one attached hydrogen (secondary N) is 2. The van der Waals surface area contributed by atoms with Gasteiger partial charge < -0.3 is 10.1 Å². The molecule has 1 atom stereocenters. The van der Waals surface area contributed by atoms with Gasteiger partial charge in [-0.2, -0.15) is 10.2 Å². The van der Waals surface area contributed by atoms with Crippen molar-refractivity contribution in [2.24, 2.45) is 5.10 Å². The van der Waals surface area contributed by atoms with Gasteiger partial charge in [0.2, 0.25) is 0 Å². The van der Waals surface area contributed by atoms with Gasteiger partial charge in [0.25, 0.3) is 0 Å². The van der Waals surface area contributed by atoms with Gasteiger partial charge in [-0.05, 0) is 63.0 Å². The van der Waals surface area contributed by atoms with E-state index >= 15 is 0 Å². The molecule has 0 spiro atoms. The molecule has 2 aromatic rings. The smallest absolute Gasteiger partial charge is 0.187 e. The van der Waals surface area contributed by atoms with Crippen LogP contribution < -0.4 is 10.7 Å². The van der Waals surface area contributed by atoms with E-state index in [1.165, 1.54) is 0 Å². The molecule has 2 heterocycles. The zero-order chi connectivity index (χ0) is 19.4. The molecule has 0 unspecified atom stereocenters. The van der Waals surface area contributed by atoms with Crippen LogP contribution in [0.1, 0.15) is 35.2 Å². The van der Waals surface area contributed by atoms with Crippen LogP contribution in [0.25, 0.3) is 5.69 Å². The van der Waals surface area contributed by atoms with Crippen molar-refractivity contribution in [3.8, 4) is 5.69 Å². The van der Waals surface area contributed by atoms with E-state index in [0.717, 1.165) is 47.5 Å². The van der Waals surface area contributed by atoms with Gasteiger partial charge in [0, 0.05) is 13.2 Å². The molecule has 0 amide bonds. The summed E-state index contributed by atoms with van der Waals surface area (Å²) in [4.78, 5) is 0. The van der Waals surface area contributed by atoms with E-state index < -0.39 is 0 Å². The Morgan fingerprint density at radius 1 is 1.44 bits per heavy atom. The molecule has 1 fully saturated rings. The standard InChI is InChI=1S/C19H24ClN5OS/c1-12-6-7-13(2)17(9-12)25-18(20)16(14(3)24-25)11-22-23-19(27)21-10-15-5-4-8-26-15/h6-7,9,11,15H,4-5,8,10H2,1-3H3,(H2,21,23,27)/b22-11-/t15-/m1/s1. The topological polar surface area (TPSA) is 63.5 Å². The first-order valence-corrected chi connectivity index (χ1v) is 9.75. The third-order valence-electron chi connectivity index (χ3n) is 4.51. The van der Waals surface area contributed by atoms with Gasteiger partial charge in [-0.15, -0.1) is 0 Å². The van der Waals surface area contributed by atoms with Gasteiger partial charge in [0.15, 0.2) is 5.11 Å². The zero-order valence-electron chi connectivity index (χ0n) is 15.8. The maximum absolute atomic E-state index is 6.57. The van der Waals surface area contributed by atoms with Crippen molar-refractivity contribution in [3.63, 3.8) is 0 Å². The Bertz CT molecular complexity index is 858. The molecule has 1 aromatic heterocycles. The maximum atomic E-state index is 6.57. The summed E-state index contributed by atoms with van der Waals surface area (Å²) < 4.78 is 7.30. The molecule has 0 bridgehead atoms. The van der Waals surface area contributed by atoms with E-state index in [0.29, 0.717) is 16.8 Å². The number of benzene rings is 1. The van der Waals surface area contributed by atoms with Gasteiger partial charge in [0.1, 0.15) is 5.15 Å². The molecule has 1 aromatic carbocycles. The molecular weight excluding hydrogens is 382 g/mol. The van der Waals surface area contributed by atoms with E-state index in [1.54, 1.807) is 10.9 Å². The van der Waals surface area contributed by atoms with Gasteiger partial charge in [-0.1, -0.05) is 23.7 Å². The predicted octanol–water partition coefficient (Wildman–Crippen LogP) is 3.43. The molecule has 1 aliphatic heterocycles. The Balaban J connectivity index is 1.66. The second-order valence-electron chi connectivity index (χ2n) is 6.71. The molecular formula is C19H24ClN5OS. The number of thiocarbonyl (C=S) groups is 1. The first-order chi connectivity index (χ1) is 13.0. The second kappa shape index (κ2) is 8.82. The van der Waals surface area contributed by atoms with E-state index in [-0.39, 0.29) is 6.10 Å². The Kier molecular flexibility index (Phi) is 6.46. The minimum Gasteiger partial charge on any atom is -0.376 e. The summed E-state index contributed by atoms with van der Waals surface area (Å²) >= 11 is 11.8. The molecule has 0 aliphatic carbocycles. The molecule has 6 nitrogen and oxygen atoms in total. The Hall–Kier alpha value is -1.96. The van der Waals surface area contributed by atoms with Crippen molar-refractivity contribution >= 4 is 35.1 Å². The highest BCUT2D eigenvalue weighted by Gasteiger charge is 2.16. The molecule has 144 valence electrons. The van der Waals surface area contributed by atoms with E-state index in [9.17, 15) is 0 Å². The van der Waals surface area contributed by atoms with Gasteiger partial charge in [-0.25, -0.2) is 4.68 Å². The number of ether oxygens (including phenoxy) is 1. The number of halogens is 1. The van der Waals surface area contributed by atoms with Gasteiger partial charge in [-0.3, -0.25) is 5.43 Å². The van der Waals surface area contributed by atoms with Crippen LogP contribution in [0.3, 0.4) is 0 Å². The molecule has 2 N–H and O–H groups in total. The molecule has 3 rings (SSSR count). The largest absolute Gasteiger partial charge is 0.376 e. The van der Waals surface area contributed by atoms with Crippen LogP contribution in [0.15, 0.2) is 23.3 Å². The number of aromatic nitrogens is 2. The van der Waals surface area contributed by atoms with E-state index in [1.807, 2.05) is 20.8 Å². The molecule has 27 heavy (non-hydrogen) atoms. The lowest BCUT2D eigenvalue weighted by molar-refractivity contribution is 0.114. The van der Waals surface area contributed by atoms with Gasteiger partial charge in [0.05, 0.1) is 29.3 Å². The van der Waals surface area contributed by atoms with Crippen molar-refractivity contribution in [1.29, 1.82) is 0 Å². The summed E-state index contributed by atoms with van der Waals surface area (Å²) in [6, 6.07) is 6.20. The number of hydrogen-bond acceptors (Lipinski definition) is 4. The van der Waals surface area contributed by atoms with Crippen molar-refractivity contribution in [2.75, 3.05) is 13.2 Å². The van der Waals surface area contributed by atoms with Gasteiger partial charge >= 0.3 is 0 Å². The molecule has 1 aliphatic rings. The Labute approximate surface area is 169 Å². The minimum absolute atomic E-state index is 0.223.